The van der Waals surface area contributed by atoms with Gasteiger partial charge in [-0.1, -0.05) is 43.2 Å². The van der Waals surface area contributed by atoms with Crippen LogP contribution in [0.2, 0.25) is 0 Å². The molecule has 1 aliphatic rings. The fourth-order valence-corrected chi connectivity index (χ4v) is 3.16. The minimum atomic E-state index is -0.768. The molecule has 1 amide bonds. The van der Waals surface area contributed by atoms with Crippen molar-refractivity contribution < 1.29 is 14.7 Å². The predicted molar refractivity (Wildman–Crippen MR) is 81.1 cm³/mol. The number of benzene rings is 1. The van der Waals surface area contributed by atoms with E-state index >= 15 is 0 Å². The molecule has 1 aromatic rings. The van der Waals surface area contributed by atoms with Crippen molar-refractivity contribution in [1.82, 2.24) is 4.90 Å². The van der Waals surface area contributed by atoms with Gasteiger partial charge in [-0.2, -0.15) is 0 Å². The van der Waals surface area contributed by atoms with E-state index in [-0.39, 0.29) is 5.91 Å². The Morgan fingerprint density at radius 3 is 2.76 bits per heavy atom. The Morgan fingerprint density at radius 1 is 1.38 bits per heavy atom. The number of hydrogen-bond acceptors (Lipinski definition) is 2. The van der Waals surface area contributed by atoms with Gasteiger partial charge in [-0.3, -0.25) is 9.59 Å². The molecule has 4 nitrogen and oxygen atoms in total. The van der Waals surface area contributed by atoms with Crippen LogP contribution in [0.4, 0.5) is 0 Å². The molecular weight excluding hydrogens is 266 g/mol. The number of carbonyl (C=O) groups is 2. The molecule has 1 saturated heterocycles. The second kappa shape index (κ2) is 6.29. The lowest BCUT2D eigenvalue weighted by Gasteiger charge is -2.24. The molecule has 21 heavy (non-hydrogen) atoms. The van der Waals surface area contributed by atoms with Crippen LogP contribution in [0.3, 0.4) is 0 Å². The Morgan fingerprint density at radius 2 is 2.14 bits per heavy atom. The van der Waals surface area contributed by atoms with E-state index in [1.54, 1.807) is 4.90 Å². The summed E-state index contributed by atoms with van der Waals surface area (Å²) >= 11 is 0. The van der Waals surface area contributed by atoms with Crippen LogP contribution in [0, 0.1) is 12.3 Å². The molecule has 1 aromatic carbocycles. The Labute approximate surface area is 125 Å². The SMILES string of the molecule is CCCC1(C(=O)O)CCN(C(=O)Cc2cccc(C)c2)C1. The quantitative estimate of drug-likeness (QED) is 0.906. The third-order valence-corrected chi connectivity index (χ3v) is 4.33. The van der Waals surface area contributed by atoms with Gasteiger partial charge < -0.3 is 10.0 Å². The molecule has 1 aliphatic heterocycles. The first-order chi connectivity index (χ1) is 9.97. The smallest absolute Gasteiger partial charge is 0.311 e. The van der Waals surface area contributed by atoms with E-state index in [0.29, 0.717) is 32.4 Å². The third kappa shape index (κ3) is 3.43. The van der Waals surface area contributed by atoms with Gasteiger partial charge in [-0.25, -0.2) is 0 Å². The van der Waals surface area contributed by atoms with E-state index in [2.05, 4.69) is 0 Å². The second-order valence-corrected chi connectivity index (χ2v) is 6.07. The average Bonchev–Trinajstić information content (AvgIpc) is 2.85. The fourth-order valence-electron chi connectivity index (χ4n) is 3.16. The number of amides is 1. The van der Waals surface area contributed by atoms with Gasteiger partial charge >= 0.3 is 5.97 Å². The standard InChI is InChI=1S/C17H23NO3/c1-3-7-17(16(20)21)8-9-18(12-17)15(19)11-14-6-4-5-13(2)10-14/h4-6,10H,3,7-9,11-12H2,1-2H3,(H,20,21). The minimum Gasteiger partial charge on any atom is -0.481 e. The number of carbonyl (C=O) groups excluding carboxylic acids is 1. The van der Waals surface area contributed by atoms with Crippen LogP contribution >= 0.6 is 0 Å². The van der Waals surface area contributed by atoms with Crippen molar-refractivity contribution in [3.05, 3.63) is 35.4 Å². The first-order valence-corrected chi connectivity index (χ1v) is 7.53. The second-order valence-electron chi connectivity index (χ2n) is 6.07. The number of rotatable bonds is 5. The maximum Gasteiger partial charge on any atom is 0.311 e. The van der Waals surface area contributed by atoms with E-state index < -0.39 is 11.4 Å². The molecule has 0 aliphatic carbocycles. The Kier molecular flexibility index (Phi) is 4.66. The van der Waals surface area contributed by atoms with Crippen molar-refractivity contribution in [3.63, 3.8) is 0 Å². The fraction of sp³-hybridized carbons (Fsp3) is 0.529. The van der Waals surface area contributed by atoms with E-state index in [0.717, 1.165) is 17.5 Å². The predicted octanol–water partition coefficient (Wildman–Crippen LogP) is 2.64. The maximum atomic E-state index is 12.4. The van der Waals surface area contributed by atoms with Gasteiger partial charge in [-0.15, -0.1) is 0 Å². The molecule has 0 bridgehead atoms. The number of likely N-dealkylation sites (tertiary alicyclic amines) is 1. The van der Waals surface area contributed by atoms with Gasteiger partial charge in [0.25, 0.3) is 0 Å². The summed E-state index contributed by atoms with van der Waals surface area (Å²) in [5.41, 5.74) is 1.38. The summed E-state index contributed by atoms with van der Waals surface area (Å²) in [7, 11) is 0. The van der Waals surface area contributed by atoms with Crippen LogP contribution in [0.15, 0.2) is 24.3 Å². The van der Waals surface area contributed by atoms with E-state index in [1.165, 1.54) is 0 Å². The van der Waals surface area contributed by atoms with Crippen molar-refractivity contribution in [1.29, 1.82) is 0 Å². The lowest BCUT2D eigenvalue weighted by molar-refractivity contribution is -0.149. The molecule has 4 heteroatoms. The molecule has 1 fully saturated rings. The molecular formula is C17H23NO3. The molecule has 0 spiro atoms. The molecule has 0 radical (unpaired) electrons. The molecule has 1 unspecified atom stereocenters. The summed E-state index contributed by atoms with van der Waals surface area (Å²) in [4.78, 5) is 25.6. The van der Waals surface area contributed by atoms with Gasteiger partial charge in [0.1, 0.15) is 0 Å². The Balaban J connectivity index is 2.03. The van der Waals surface area contributed by atoms with E-state index in [1.807, 2.05) is 38.1 Å². The van der Waals surface area contributed by atoms with Gasteiger partial charge in [-0.05, 0) is 25.3 Å². The van der Waals surface area contributed by atoms with Crippen molar-refractivity contribution in [2.45, 2.75) is 39.5 Å². The van der Waals surface area contributed by atoms with E-state index in [4.69, 9.17) is 0 Å². The van der Waals surface area contributed by atoms with Crippen molar-refractivity contribution >= 4 is 11.9 Å². The van der Waals surface area contributed by atoms with Gasteiger partial charge in [0.05, 0.1) is 11.8 Å². The number of carboxylic acids is 1. The number of nitrogens with zero attached hydrogens (tertiary/aromatic N) is 1. The van der Waals surface area contributed by atoms with Crippen molar-refractivity contribution in [2.75, 3.05) is 13.1 Å². The summed E-state index contributed by atoms with van der Waals surface area (Å²) in [5, 5.41) is 9.48. The van der Waals surface area contributed by atoms with Crippen molar-refractivity contribution in [3.8, 4) is 0 Å². The zero-order chi connectivity index (χ0) is 15.5. The highest BCUT2D eigenvalue weighted by Gasteiger charge is 2.45. The molecule has 114 valence electrons. The Hall–Kier alpha value is -1.84. The number of carboxylic acid groups (broad SMARTS) is 1. The summed E-state index contributed by atoms with van der Waals surface area (Å²) in [6.07, 6.45) is 2.38. The lowest BCUT2D eigenvalue weighted by atomic mass is 9.83. The van der Waals surface area contributed by atoms with Gasteiger partial charge in [0, 0.05) is 13.1 Å². The summed E-state index contributed by atoms with van der Waals surface area (Å²) in [6.45, 7) is 4.89. The third-order valence-electron chi connectivity index (χ3n) is 4.33. The summed E-state index contributed by atoms with van der Waals surface area (Å²) in [5.74, 6) is -0.741. The monoisotopic (exact) mass is 289 g/mol. The Bertz CT molecular complexity index is 541. The number of aliphatic carboxylic acids is 1. The first-order valence-electron chi connectivity index (χ1n) is 7.53. The first kappa shape index (κ1) is 15.5. The topological polar surface area (TPSA) is 57.6 Å². The van der Waals surface area contributed by atoms with Crippen LogP contribution < -0.4 is 0 Å². The summed E-state index contributed by atoms with van der Waals surface area (Å²) in [6, 6.07) is 7.89. The normalized spacial score (nSPS) is 21.5. The average molecular weight is 289 g/mol. The molecule has 0 saturated carbocycles. The van der Waals surface area contributed by atoms with Crippen molar-refractivity contribution in [2.24, 2.45) is 5.41 Å². The zero-order valence-electron chi connectivity index (χ0n) is 12.8. The molecule has 1 heterocycles. The largest absolute Gasteiger partial charge is 0.481 e. The van der Waals surface area contributed by atoms with E-state index in [9.17, 15) is 14.7 Å². The highest BCUT2D eigenvalue weighted by atomic mass is 16.4. The lowest BCUT2D eigenvalue weighted by Crippen LogP contribution is -2.37. The summed E-state index contributed by atoms with van der Waals surface area (Å²) < 4.78 is 0. The highest BCUT2D eigenvalue weighted by molar-refractivity contribution is 5.82. The molecule has 1 atom stereocenters. The molecule has 2 rings (SSSR count). The zero-order valence-corrected chi connectivity index (χ0v) is 12.8. The van der Waals surface area contributed by atoms with Crippen LogP contribution in [-0.2, 0) is 16.0 Å². The van der Waals surface area contributed by atoms with Crippen LogP contribution in [0.25, 0.3) is 0 Å². The van der Waals surface area contributed by atoms with Gasteiger partial charge in [0.15, 0.2) is 0 Å². The minimum absolute atomic E-state index is 0.0276. The van der Waals surface area contributed by atoms with Crippen LogP contribution in [0.1, 0.15) is 37.3 Å². The van der Waals surface area contributed by atoms with Crippen LogP contribution in [0.5, 0.6) is 0 Å². The maximum absolute atomic E-state index is 12.4. The molecule has 1 N–H and O–H groups in total. The number of hydrogen-bond donors (Lipinski definition) is 1. The number of aryl methyl sites for hydroxylation is 1. The van der Waals surface area contributed by atoms with Crippen LogP contribution in [-0.4, -0.2) is 35.0 Å². The highest BCUT2D eigenvalue weighted by Crippen LogP contribution is 2.35. The molecule has 0 aromatic heterocycles. The van der Waals surface area contributed by atoms with Gasteiger partial charge in [0.2, 0.25) is 5.91 Å².